The molecule has 0 aliphatic carbocycles. The van der Waals surface area contributed by atoms with Gasteiger partial charge in [-0.3, -0.25) is 9.58 Å². The van der Waals surface area contributed by atoms with Gasteiger partial charge in [-0.1, -0.05) is 6.92 Å². The topological polar surface area (TPSA) is 30.3 Å². The maximum atomic E-state index is 5.82. The molecule has 0 saturated carbocycles. The van der Waals surface area contributed by atoms with E-state index < -0.39 is 0 Å². The van der Waals surface area contributed by atoms with Crippen LogP contribution in [0, 0.1) is 0 Å². The standard InChI is InChI=1S/C15H26BrN3O/c1-4-13-15(16)14(19(5-2)17-13)11-18(3)10-12-8-6-7-9-20-12/h12H,4-11H2,1-3H3. The Labute approximate surface area is 130 Å². The number of ether oxygens (including phenoxy) is 1. The van der Waals surface area contributed by atoms with Gasteiger partial charge >= 0.3 is 0 Å². The van der Waals surface area contributed by atoms with Crippen molar-refractivity contribution < 1.29 is 4.74 Å². The Kier molecular flexibility index (Phi) is 6.05. The molecule has 0 radical (unpaired) electrons. The van der Waals surface area contributed by atoms with Gasteiger partial charge < -0.3 is 4.74 Å². The SMILES string of the molecule is CCc1nn(CC)c(CN(C)CC2CCCCO2)c1Br. The second-order valence-electron chi connectivity index (χ2n) is 5.56. The molecule has 0 bridgehead atoms. The molecule has 4 nitrogen and oxygen atoms in total. The highest BCUT2D eigenvalue weighted by Crippen LogP contribution is 2.24. The zero-order valence-electron chi connectivity index (χ0n) is 12.9. The second kappa shape index (κ2) is 7.57. The van der Waals surface area contributed by atoms with Gasteiger partial charge in [0.25, 0.3) is 0 Å². The third kappa shape index (κ3) is 3.83. The molecule has 1 aliphatic heterocycles. The average Bonchev–Trinajstić information content (AvgIpc) is 2.76. The van der Waals surface area contributed by atoms with E-state index in [1.807, 2.05) is 0 Å². The smallest absolute Gasteiger partial charge is 0.0767 e. The molecular weight excluding hydrogens is 318 g/mol. The lowest BCUT2D eigenvalue weighted by Gasteiger charge is -2.27. The van der Waals surface area contributed by atoms with Gasteiger partial charge in [-0.15, -0.1) is 0 Å². The van der Waals surface area contributed by atoms with Crippen molar-refractivity contribution in [3.8, 4) is 0 Å². The van der Waals surface area contributed by atoms with Crippen molar-refractivity contribution >= 4 is 15.9 Å². The Morgan fingerprint density at radius 3 is 2.80 bits per heavy atom. The van der Waals surface area contributed by atoms with Crippen molar-refractivity contribution in [1.82, 2.24) is 14.7 Å². The van der Waals surface area contributed by atoms with Crippen LogP contribution in [-0.2, 0) is 24.2 Å². The molecule has 2 heterocycles. The molecule has 1 aliphatic rings. The van der Waals surface area contributed by atoms with Gasteiger partial charge in [0.1, 0.15) is 0 Å². The molecule has 1 fully saturated rings. The summed E-state index contributed by atoms with van der Waals surface area (Å²) < 4.78 is 9.11. The van der Waals surface area contributed by atoms with Gasteiger partial charge in [0, 0.05) is 26.2 Å². The largest absolute Gasteiger partial charge is 0.377 e. The Morgan fingerprint density at radius 1 is 1.40 bits per heavy atom. The van der Waals surface area contributed by atoms with E-state index in [1.54, 1.807) is 0 Å². The third-order valence-corrected chi connectivity index (χ3v) is 4.82. The maximum Gasteiger partial charge on any atom is 0.0767 e. The molecule has 1 aromatic rings. The number of hydrogen-bond donors (Lipinski definition) is 0. The van der Waals surface area contributed by atoms with Crippen molar-refractivity contribution in [2.75, 3.05) is 20.2 Å². The highest BCUT2D eigenvalue weighted by molar-refractivity contribution is 9.10. The van der Waals surface area contributed by atoms with Crippen molar-refractivity contribution in [3.05, 3.63) is 15.9 Å². The van der Waals surface area contributed by atoms with Gasteiger partial charge in [0.2, 0.25) is 0 Å². The van der Waals surface area contributed by atoms with E-state index in [2.05, 4.69) is 51.5 Å². The van der Waals surface area contributed by atoms with Crippen LogP contribution >= 0.6 is 15.9 Å². The van der Waals surface area contributed by atoms with E-state index >= 15 is 0 Å². The molecule has 1 unspecified atom stereocenters. The number of aryl methyl sites for hydroxylation is 2. The van der Waals surface area contributed by atoms with Crippen molar-refractivity contribution in [1.29, 1.82) is 0 Å². The number of halogens is 1. The van der Waals surface area contributed by atoms with Crippen LogP contribution in [0.15, 0.2) is 4.47 Å². The molecule has 114 valence electrons. The summed E-state index contributed by atoms with van der Waals surface area (Å²) in [5, 5.41) is 4.66. The van der Waals surface area contributed by atoms with E-state index in [4.69, 9.17) is 4.74 Å². The first-order valence-electron chi connectivity index (χ1n) is 7.69. The van der Waals surface area contributed by atoms with Crippen molar-refractivity contribution in [2.24, 2.45) is 0 Å². The molecule has 0 spiro atoms. The summed E-state index contributed by atoms with van der Waals surface area (Å²) in [5.74, 6) is 0. The molecule has 2 rings (SSSR count). The lowest BCUT2D eigenvalue weighted by Crippen LogP contribution is -2.33. The van der Waals surface area contributed by atoms with Gasteiger partial charge in [0.15, 0.2) is 0 Å². The van der Waals surface area contributed by atoms with Crippen LogP contribution in [-0.4, -0.2) is 41.0 Å². The molecule has 5 heteroatoms. The predicted octanol–water partition coefficient (Wildman–Crippen LogP) is 3.23. The summed E-state index contributed by atoms with van der Waals surface area (Å²) in [4.78, 5) is 2.35. The van der Waals surface area contributed by atoms with Gasteiger partial charge in [0.05, 0.1) is 22.0 Å². The van der Waals surface area contributed by atoms with E-state index in [9.17, 15) is 0 Å². The summed E-state index contributed by atoms with van der Waals surface area (Å²) in [6, 6.07) is 0. The van der Waals surface area contributed by atoms with Crippen LogP contribution in [0.3, 0.4) is 0 Å². The van der Waals surface area contributed by atoms with Crippen LogP contribution in [0.5, 0.6) is 0 Å². The summed E-state index contributed by atoms with van der Waals surface area (Å²) in [5.41, 5.74) is 2.44. The summed E-state index contributed by atoms with van der Waals surface area (Å²) in [6.07, 6.45) is 5.08. The highest BCUT2D eigenvalue weighted by Gasteiger charge is 2.19. The molecule has 1 saturated heterocycles. The van der Waals surface area contributed by atoms with Crippen molar-refractivity contribution in [3.63, 3.8) is 0 Å². The molecule has 0 aromatic carbocycles. The summed E-state index contributed by atoms with van der Waals surface area (Å²) in [7, 11) is 2.17. The number of likely N-dealkylation sites (N-methyl/N-ethyl adjacent to an activating group) is 1. The Bertz CT molecular complexity index is 427. The van der Waals surface area contributed by atoms with E-state index in [-0.39, 0.29) is 0 Å². The Balaban J connectivity index is 1.99. The molecule has 0 amide bonds. The highest BCUT2D eigenvalue weighted by atomic mass is 79.9. The minimum atomic E-state index is 0.399. The van der Waals surface area contributed by atoms with E-state index in [0.717, 1.165) is 38.4 Å². The second-order valence-corrected chi connectivity index (χ2v) is 6.36. The zero-order chi connectivity index (χ0) is 14.5. The molecule has 1 aromatic heterocycles. The quantitative estimate of drug-likeness (QED) is 0.794. The molecule has 1 atom stereocenters. The number of aromatic nitrogens is 2. The summed E-state index contributed by atoms with van der Waals surface area (Å²) in [6.45, 7) is 8.06. The molecular formula is C15H26BrN3O. The average molecular weight is 344 g/mol. The van der Waals surface area contributed by atoms with Crippen LogP contribution in [0.2, 0.25) is 0 Å². The third-order valence-electron chi connectivity index (χ3n) is 3.90. The molecule has 20 heavy (non-hydrogen) atoms. The van der Waals surface area contributed by atoms with Gasteiger partial charge in [-0.05, 0) is 55.6 Å². The lowest BCUT2D eigenvalue weighted by molar-refractivity contribution is -0.00294. The lowest BCUT2D eigenvalue weighted by atomic mass is 10.1. The van der Waals surface area contributed by atoms with Gasteiger partial charge in [-0.2, -0.15) is 5.10 Å². The van der Waals surface area contributed by atoms with E-state index in [1.165, 1.54) is 29.4 Å². The fourth-order valence-corrected chi connectivity index (χ4v) is 3.48. The van der Waals surface area contributed by atoms with Crippen LogP contribution in [0.1, 0.15) is 44.5 Å². The number of rotatable bonds is 6. The number of nitrogens with zero attached hydrogens (tertiary/aromatic N) is 3. The van der Waals surface area contributed by atoms with Crippen LogP contribution in [0.4, 0.5) is 0 Å². The fourth-order valence-electron chi connectivity index (χ4n) is 2.79. The Hall–Kier alpha value is -0.390. The maximum absolute atomic E-state index is 5.82. The minimum absolute atomic E-state index is 0.399. The Morgan fingerprint density at radius 2 is 2.20 bits per heavy atom. The minimum Gasteiger partial charge on any atom is -0.377 e. The fraction of sp³-hybridized carbons (Fsp3) is 0.800. The first-order valence-corrected chi connectivity index (χ1v) is 8.49. The molecule has 0 N–H and O–H groups in total. The predicted molar refractivity (Wildman–Crippen MR) is 84.9 cm³/mol. The van der Waals surface area contributed by atoms with Crippen LogP contribution < -0.4 is 0 Å². The van der Waals surface area contributed by atoms with Crippen molar-refractivity contribution in [2.45, 2.75) is 58.7 Å². The first-order chi connectivity index (χ1) is 9.65. The van der Waals surface area contributed by atoms with E-state index in [0.29, 0.717) is 6.10 Å². The van der Waals surface area contributed by atoms with Crippen LogP contribution in [0.25, 0.3) is 0 Å². The normalized spacial score (nSPS) is 19.8. The summed E-state index contributed by atoms with van der Waals surface area (Å²) >= 11 is 3.72. The first kappa shape index (κ1) is 16.0. The zero-order valence-corrected chi connectivity index (χ0v) is 14.4. The number of hydrogen-bond acceptors (Lipinski definition) is 3. The monoisotopic (exact) mass is 343 g/mol. The van der Waals surface area contributed by atoms with Gasteiger partial charge in [-0.25, -0.2) is 0 Å².